The molecule has 110 valence electrons. The quantitative estimate of drug-likeness (QED) is 0.920. The maximum absolute atomic E-state index is 12.1. The Kier molecular flexibility index (Phi) is 3.74. The van der Waals surface area contributed by atoms with Crippen LogP contribution in [-0.4, -0.2) is 36.8 Å². The van der Waals surface area contributed by atoms with Gasteiger partial charge in [-0.1, -0.05) is 0 Å². The number of fused-ring (bicyclic) bond motifs is 2. The Morgan fingerprint density at radius 2 is 2.00 bits per heavy atom. The van der Waals surface area contributed by atoms with Crippen LogP contribution < -0.4 is 15.0 Å². The van der Waals surface area contributed by atoms with Crippen LogP contribution in [0, 0.1) is 0 Å². The molecule has 0 radical (unpaired) electrons. The molecule has 1 aromatic heterocycles. The van der Waals surface area contributed by atoms with E-state index in [9.17, 15) is 8.78 Å². The lowest BCUT2D eigenvalue weighted by Gasteiger charge is -2.36. The lowest BCUT2D eigenvalue weighted by atomic mass is 9.98. The molecule has 4 nitrogen and oxygen atoms in total. The van der Waals surface area contributed by atoms with E-state index >= 15 is 0 Å². The number of nitrogens with zero attached hydrogens (tertiary/aromatic N) is 2. The van der Waals surface area contributed by atoms with E-state index in [0.29, 0.717) is 18.1 Å². The molecule has 0 saturated carbocycles. The molecule has 2 fully saturated rings. The minimum atomic E-state index is -2.81. The molecule has 6 heteroatoms. The zero-order valence-corrected chi connectivity index (χ0v) is 11.4. The number of halogens is 2. The number of aromatic nitrogens is 1. The third kappa shape index (κ3) is 2.85. The molecule has 2 bridgehead atoms. The summed E-state index contributed by atoms with van der Waals surface area (Å²) in [6.07, 6.45) is 6.09. The van der Waals surface area contributed by atoms with Crippen LogP contribution in [0.4, 0.5) is 14.6 Å². The Hall–Kier alpha value is -1.43. The largest absolute Gasteiger partial charge is 0.433 e. The molecule has 20 heavy (non-hydrogen) atoms. The van der Waals surface area contributed by atoms with Crippen LogP contribution in [-0.2, 0) is 0 Å². The second-order valence-corrected chi connectivity index (χ2v) is 5.60. The van der Waals surface area contributed by atoms with Gasteiger partial charge in [-0.3, -0.25) is 0 Å². The van der Waals surface area contributed by atoms with Gasteiger partial charge < -0.3 is 15.0 Å². The second kappa shape index (κ2) is 5.52. The Morgan fingerprint density at radius 3 is 2.55 bits per heavy atom. The number of pyridine rings is 1. The number of anilines is 1. The SMILES string of the molecule is CN(c1ccc(OC(F)F)cn1)C1CC2CCC(C1)N2. The van der Waals surface area contributed by atoms with Crippen LogP contribution in [0.25, 0.3) is 0 Å². The predicted molar refractivity (Wildman–Crippen MR) is 72.2 cm³/mol. The number of ether oxygens (including phenoxy) is 1. The Labute approximate surface area is 117 Å². The zero-order chi connectivity index (χ0) is 14.1. The van der Waals surface area contributed by atoms with E-state index in [1.165, 1.54) is 19.0 Å². The van der Waals surface area contributed by atoms with Crippen molar-refractivity contribution >= 4 is 5.82 Å². The zero-order valence-electron chi connectivity index (χ0n) is 11.4. The fourth-order valence-electron chi connectivity index (χ4n) is 3.28. The fraction of sp³-hybridized carbons (Fsp3) is 0.643. The molecular weight excluding hydrogens is 264 g/mol. The molecule has 1 N–H and O–H groups in total. The predicted octanol–water partition coefficient (Wildman–Crippen LogP) is 2.40. The average Bonchev–Trinajstić information content (AvgIpc) is 2.77. The molecule has 2 aliphatic heterocycles. The summed E-state index contributed by atoms with van der Waals surface area (Å²) < 4.78 is 28.5. The molecule has 2 atom stereocenters. The van der Waals surface area contributed by atoms with Crippen LogP contribution in [0.5, 0.6) is 5.75 Å². The number of hydrogen-bond donors (Lipinski definition) is 1. The van der Waals surface area contributed by atoms with Crippen molar-refractivity contribution < 1.29 is 13.5 Å². The summed E-state index contributed by atoms with van der Waals surface area (Å²) in [6, 6.07) is 4.97. The average molecular weight is 283 g/mol. The first kappa shape index (κ1) is 13.5. The second-order valence-electron chi connectivity index (χ2n) is 5.60. The Balaban J connectivity index is 1.66. The molecule has 2 unspecified atom stereocenters. The first-order chi connectivity index (χ1) is 9.61. The van der Waals surface area contributed by atoms with Gasteiger partial charge in [0, 0.05) is 25.2 Å². The first-order valence-corrected chi connectivity index (χ1v) is 7.01. The van der Waals surface area contributed by atoms with Crippen molar-refractivity contribution in [2.75, 3.05) is 11.9 Å². The normalized spacial score (nSPS) is 28.7. The lowest BCUT2D eigenvalue weighted by Crippen LogP contribution is -2.47. The number of rotatable bonds is 4. The van der Waals surface area contributed by atoms with Gasteiger partial charge in [-0.05, 0) is 37.8 Å². The molecule has 0 amide bonds. The van der Waals surface area contributed by atoms with Crippen molar-refractivity contribution in [3.63, 3.8) is 0 Å². The monoisotopic (exact) mass is 283 g/mol. The van der Waals surface area contributed by atoms with E-state index in [4.69, 9.17) is 0 Å². The Morgan fingerprint density at radius 1 is 1.30 bits per heavy atom. The molecular formula is C14H19F2N3O. The molecule has 3 heterocycles. The fourth-order valence-corrected chi connectivity index (χ4v) is 3.28. The minimum Gasteiger partial charge on any atom is -0.433 e. The van der Waals surface area contributed by atoms with Crippen molar-refractivity contribution in [1.29, 1.82) is 0 Å². The number of piperidine rings is 1. The lowest BCUT2D eigenvalue weighted by molar-refractivity contribution is -0.0500. The highest BCUT2D eigenvalue weighted by Gasteiger charge is 2.35. The summed E-state index contributed by atoms with van der Waals surface area (Å²) in [6.45, 7) is -2.81. The van der Waals surface area contributed by atoms with E-state index in [1.54, 1.807) is 12.1 Å². The molecule has 0 spiro atoms. The summed E-state index contributed by atoms with van der Waals surface area (Å²) in [5.74, 6) is 0.903. The highest BCUT2D eigenvalue weighted by molar-refractivity contribution is 5.41. The van der Waals surface area contributed by atoms with Gasteiger partial charge in [0.25, 0.3) is 0 Å². The topological polar surface area (TPSA) is 37.4 Å². The highest BCUT2D eigenvalue weighted by Crippen LogP contribution is 2.31. The Bertz CT molecular complexity index is 442. The van der Waals surface area contributed by atoms with Crippen molar-refractivity contribution in [2.24, 2.45) is 0 Å². The van der Waals surface area contributed by atoms with Gasteiger partial charge >= 0.3 is 6.61 Å². The van der Waals surface area contributed by atoms with Crippen molar-refractivity contribution in [1.82, 2.24) is 10.3 Å². The van der Waals surface area contributed by atoms with E-state index in [2.05, 4.69) is 19.9 Å². The number of hydrogen-bond acceptors (Lipinski definition) is 4. The van der Waals surface area contributed by atoms with Gasteiger partial charge in [0.2, 0.25) is 0 Å². The van der Waals surface area contributed by atoms with E-state index < -0.39 is 6.61 Å². The summed E-state index contributed by atoms with van der Waals surface area (Å²) in [7, 11) is 2.02. The van der Waals surface area contributed by atoms with Crippen LogP contribution in [0.3, 0.4) is 0 Å². The smallest absolute Gasteiger partial charge is 0.387 e. The van der Waals surface area contributed by atoms with Crippen molar-refractivity contribution in [3.8, 4) is 5.75 Å². The highest BCUT2D eigenvalue weighted by atomic mass is 19.3. The van der Waals surface area contributed by atoms with Crippen LogP contribution in [0.1, 0.15) is 25.7 Å². The van der Waals surface area contributed by atoms with Crippen molar-refractivity contribution in [3.05, 3.63) is 18.3 Å². The molecule has 1 aromatic rings. The van der Waals surface area contributed by atoms with E-state index in [0.717, 1.165) is 18.7 Å². The summed E-state index contributed by atoms with van der Waals surface area (Å²) in [5.41, 5.74) is 0. The van der Waals surface area contributed by atoms with Crippen LogP contribution >= 0.6 is 0 Å². The van der Waals surface area contributed by atoms with Gasteiger partial charge in [0.05, 0.1) is 6.20 Å². The third-order valence-corrected chi connectivity index (χ3v) is 4.30. The molecule has 3 rings (SSSR count). The van der Waals surface area contributed by atoms with Gasteiger partial charge in [-0.25, -0.2) is 4.98 Å². The van der Waals surface area contributed by atoms with Gasteiger partial charge in [-0.2, -0.15) is 8.78 Å². The summed E-state index contributed by atoms with van der Waals surface area (Å²) in [4.78, 5) is 6.38. The van der Waals surface area contributed by atoms with E-state index in [1.807, 2.05) is 7.05 Å². The molecule has 0 aliphatic carbocycles. The number of nitrogens with one attached hydrogen (secondary N) is 1. The summed E-state index contributed by atoms with van der Waals surface area (Å²) >= 11 is 0. The van der Waals surface area contributed by atoms with Crippen molar-refractivity contribution in [2.45, 2.75) is 50.4 Å². The minimum absolute atomic E-state index is 0.0996. The molecule has 2 saturated heterocycles. The van der Waals surface area contributed by atoms with Gasteiger partial charge in [0.15, 0.2) is 0 Å². The standard InChI is InChI=1S/C14H19F2N3O/c1-19(11-6-9-2-3-10(7-11)18-9)13-5-4-12(8-17-13)20-14(15)16/h4-5,8-11,14,18H,2-3,6-7H2,1H3. The maximum atomic E-state index is 12.1. The maximum Gasteiger partial charge on any atom is 0.387 e. The number of alkyl halides is 2. The van der Waals surface area contributed by atoms with Gasteiger partial charge in [-0.15, -0.1) is 0 Å². The van der Waals surface area contributed by atoms with Crippen LogP contribution in [0.2, 0.25) is 0 Å². The van der Waals surface area contributed by atoms with Crippen LogP contribution in [0.15, 0.2) is 18.3 Å². The van der Waals surface area contributed by atoms with E-state index in [-0.39, 0.29) is 5.75 Å². The summed E-state index contributed by atoms with van der Waals surface area (Å²) in [5, 5.41) is 3.61. The van der Waals surface area contributed by atoms with Gasteiger partial charge in [0.1, 0.15) is 11.6 Å². The molecule has 2 aliphatic rings. The third-order valence-electron chi connectivity index (χ3n) is 4.30. The molecule has 0 aromatic carbocycles. The first-order valence-electron chi connectivity index (χ1n) is 7.01.